The van der Waals surface area contributed by atoms with Crippen molar-refractivity contribution < 1.29 is 0 Å². The smallest absolute Gasteiger partial charge is 0.214 e. The van der Waals surface area contributed by atoms with E-state index >= 15 is 0 Å². The van der Waals surface area contributed by atoms with Gasteiger partial charge >= 0.3 is 0 Å². The minimum Gasteiger partial charge on any atom is -0.249 e. The minimum atomic E-state index is 0.568. The van der Waals surface area contributed by atoms with E-state index in [0.29, 0.717) is 11.3 Å². The van der Waals surface area contributed by atoms with Crippen LogP contribution in [0, 0.1) is 0 Å². The summed E-state index contributed by atoms with van der Waals surface area (Å²) in [6, 6.07) is 0. The van der Waals surface area contributed by atoms with Crippen LogP contribution in [0.2, 0.25) is 0 Å². The van der Waals surface area contributed by atoms with Crippen LogP contribution in [0.1, 0.15) is 0 Å². The van der Waals surface area contributed by atoms with Gasteiger partial charge in [0.1, 0.15) is 0 Å². The first-order valence-corrected chi connectivity index (χ1v) is 3.59. The molecule has 0 amide bonds. The highest BCUT2D eigenvalue weighted by atomic mass is 15.6. The molecule has 3 rings (SSSR count). The molecule has 0 spiro atoms. The third-order valence-electron chi connectivity index (χ3n) is 1.83. The Morgan fingerprint density at radius 1 is 1.15 bits per heavy atom. The molecule has 8 nitrogen and oxygen atoms in total. The van der Waals surface area contributed by atoms with E-state index in [-0.39, 0.29) is 0 Å². The Bertz CT molecular complexity index is 576. The Balaban J connectivity index is 2.66. The lowest BCUT2D eigenvalue weighted by atomic mass is 10.4. The average molecular weight is 176 g/mol. The average Bonchev–Trinajstić information content (AvgIpc) is 2.70. The third-order valence-corrected chi connectivity index (χ3v) is 1.83. The summed E-state index contributed by atoms with van der Waals surface area (Å²) in [5.74, 6) is 0. The Kier molecular flexibility index (Phi) is 0.971. The van der Waals surface area contributed by atoms with Crippen LogP contribution in [0.15, 0.2) is 6.20 Å². The predicted octanol–water partition coefficient (Wildman–Crippen LogP) is -1.20. The predicted molar refractivity (Wildman–Crippen MR) is 40.6 cm³/mol. The monoisotopic (exact) mass is 176 g/mol. The lowest BCUT2D eigenvalue weighted by molar-refractivity contribution is 0.676. The fraction of sp³-hybridized carbons (Fsp3) is 0.200. The normalized spacial score (nSPS) is 11.5. The van der Waals surface area contributed by atoms with Crippen LogP contribution in [0.3, 0.4) is 0 Å². The summed E-state index contributed by atoms with van der Waals surface area (Å²) >= 11 is 0. The zero-order chi connectivity index (χ0) is 8.84. The van der Waals surface area contributed by atoms with Gasteiger partial charge in [-0.15, -0.1) is 10.2 Å². The molecule has 8 heteroatoms. The van der Waals surface area contributed by atoms with Crippen LogP contribution in [0.5, 0.6) is 0 Å². The zero-order valence-corrected chi connectivity index (χ0v) is 6.66. The second-order valence-corrected chi connectivity index (χ2v) is 2.59. The lowest BCUT2D eigenvalue weighted by Crippen LogP contribution is -2.00. The van der Waals surface area contributed by atoms with Gasteiger partial charge in [0, 0.05) is 7.05 Å². The molecule has 0 atom stereocenters. The zero-order valence-electron chi connectivity index (χ0n) is 6.66. The van der Waals surface area contributed by atoms with Crippen molar-refractivity contribution in [2.45, 2.75) is 0 Å². The van der Waals surface area contributed by atoms with Gasteiger partial charge in [-0.25, -0.2) is 4.68 Å². The quantitative estimate of drug-likeness (QED) is 0.427. The molecule has 0 aliphatic rings. The van der Waals surface area contributed by atoms with E-state index in [4.69, 9.17) is 0 Å². The van der Waals surface area contributed by atoms with Gasteiger partial charge in [0.25, 0.3) is 0 Å². The second-order valence-electron chi connectivity index (χ2n) is 2.59. The SMILES string of the molecule is Cn1ncc2c1nnn1nnnc21. The maximum absolute atomic E-state index is 4.03. The molecule has 13 heavy (non-hydrogen) atoms. The fourth-order valence-corrected chi connectivity index (χ4v) is 1.20. The molecule has 3 heterocycles. The van der Waals surface area contributed by atoms with Gasteiger partial charge < -0.3 is 0 Å². The van der Waals surface area contributed by atoms with Gasteiger partial charge in [-0.2, -0.15) is 5.10 Å². The van der Waals surface area contributed by atoms with E-state index in [0.717, 1.165) is 5.39 Å². The molecule has 0 radical (unpaired) electrons. The molecule has 3 aromatic rings. The van der Waals surface area contributed by atoms with Gasteiger partial charge in [-0.1, -0.05) is 4.63 Å². The van der Waals surface area contributed by atoms with Crippen molar-refractivity contribution in [3.8, 4) is 0 Å². The molecule has 0 saturated carbocycles. The molecule has 0 aromatic carbocycles. The fourth-order valence-electron chi connectivity index (χ4n) is 1.20. The molecule has 0 N–H and O–H groups in total. The van der Waals surface area contributed by atoms with Crippen molar-refractivity contribution in [1.29, 1.82) is 0 Å². The van der Waals surface area contributed by atoms with Crippen molar-refractivity contribution in [3.05, 3.63) is 6.20 Å². The molecule has 3 aromatic heterocycles. The first kappa shape index (κ1) is 6.40. The van der Waals surface area contributed by atoms with Crippen LogP contribution in [0.25, 0.3) is 16.7 Å². The number of tetrazole rings is 1. The van der Waals surface area contributed by atoms with Gasteiger partial charge in [-0.05, 0) is 15.6 Å². The Morgan fingerprint density at radius 3 is 3.00 bits per heavy atom. The largest absolute Gasteiger partial charge is 0.249 e. The highest BCUT2D eigenvalue weighted by Gasteiger charge is 2.08. The number of rotatable bonds is 0. The summed E-state index contributed by atoms with van der Waals surface area (Å²) < 4.78 is 2.89. The Labute approximate surface area is 71.1 Å². The van der Waals surface area contributed by atoms with E-state index in [1.54, 1.807) is 17.9 Å². The highest BCUT2D eigenvalue weighted by molar-refractivity contribution is 5.87. The second kappa shape index (κ2) is 1.97. The maximum atomic E-state index is 4.03. The van der Waals surface area contributed by atoms with Crippen LogP contribution >= 0.6 is 0 Å². The Morgan fingerprint density at radius 2 is 2.08 bits per heavy atom. The summed E-state index contributed by atoms with van der Waals surface area (Å²) in [6.45, 7) is 0. The first-order valence-electron chi connectivity index (χ1n) is 3.59. The topological polar surface area (TPSA) is 86.7 Å². The van der Waals surface area contributed by atoms with Gasteiger partial charge in [0.05, 0.1) is 11.6 Å². The van der Waals surface area contributed by atoms with E-state index in [9.17, 15) is 0 Å². The van der Waals surface area contributed by atoms with Crippen LogP contribution in [0.4, 0.5) is 0 Å². The maximum Gasteiger partial charge on any atom is 0.214 e. The van der Waals surface area contributed by atoms with Crippen LogP contribution < -0.4 is 0 Å². The number of aryl methyl sites for hydroxylation is 1. The summed E-state index contributed by atoms with van der Waals surface area (Å²) in [7, 11) is 1.79. The highest BCUT2D eigenvalue weighted by Crippen LogP contribution is 2.11. The van der Waals surface area contributed by atoms with Gasteiger partial charge in [0.2, 0.25) is 5.65 Å². The summed E-state index contributed by atoms with van der Waals surface area (Å²) in [5.41, 5.74) is 1.24. The van der Waals surface area contributed by atoms with Crippen molar-refractivity contribution in [2.24, 2.45) is 7.05 Å². The minimum absolute atomic E-state index is 0.568. The number of fused-ring (bicyclic) bond motifs is 3. The Hall–Kier alpha value is -2.12. The van der Waals surface area contributed by atoms with E-state index in [1.807, 2.05) is 0 Å². The van der Waals surface area contributed by atoms with E-state index in [2.05, 4.69) is 30.9 Å². The molecule has 0 aliphatic heterocycles. The lowest BCUT2D eigenvalue weighted by Gasteiger charge is -1.90. The third kappa shape index (κ3) is 0.687. The molecular formula is C5H4N8. The number of hydrogen-bond donors (Lipinski definition) is 0. The molecule has 0 bridgehead atoms. The molecule has 0 saturated heterocycles. The van der Waals surface area contributed by atoms with E-state index < -0.39 is 0 Å². The number of aromatic nitrogens is 8. The standard InChI is InChI=1S/C5H4N8/c1-12-4-3(2-6-12)5-7-9-11-13(5)10-8-4/h2H,1H3. The van der Waals surface area contributed by atoms with Gasteiger partial charge in [-0.3, -0.25) is 0 Å². The molecule has 0 aliphatic carbocycles. The summed E-state index contributed by atoms with van der Waals surface area (Å²) in [6.07, 6.45) is 1.66. The first-order chi connectivity index (χ1) is 6.36. The number of hydrogen-bond acceptors (Lipinski definition) is 6. The van der Waals surface area contributed by atoms with Gasteiger partial charge in [0.15, 0.2) is 5.65 Å². The summed E-state index contributed by atoms with van der Waals surface area (Å²) in [4.78, 5) is 0. The molecule has 0 unspecified atom stereocenters. The van der Waals surface area contributed by atoms with Crippen molar-refractivity contribution in [1.82, 2.24) is 40.2 Å². The van der Waals surface area contributed by atoms with Crippen LogP contribution in [-0.4, -0.2) is 40.2 Å². The molecule has 64 valence electrons. The van der Waals surface area contributed by atoms with E-state index in [1.165, 1.54) is 4.63 Å². The van der Waals surface area contributed by atoms with Crippen molar-refractivity contribution >= 4 is 16.7 Å². The summed E-state index contributed by atoms with van der Waals surface area (Å²) in [5, 5.41) is 23.4. The van der Waals surface area contributed by atoms with Crippen LogP contribution in [-0.2, 0) is 7.05 Å². The number of nitrogens with zero attached hydrogens (tertiary/aromatic N) is 8. The molecular weight excluding hydrogens is 172 g/mol. The molecule has 0 fully saturated rings. The van der Waals surface area contributed by atoms with Crippen molar-refractivity contribution in [3.63, 3.8) is 0 Å². The van der Waals surface area contributed by atoms with Crippen molar-refractivity contribution in [2.75, 3.05) is 0 Å².